The maximum absolute atomic E-state index is 12.5. The zero-order valence-corrected chi connectivity index (χ0v) is 14.6. The molecule has 2 unspecified atom stereocenters. The predicted octanol–water partition coefficient (Wildman–Crippen LogP) is 0.973. The van der Waals surface area contributed by atoms with Crippen LogP contribution in [0.1, 0.15) is 51.9 Å². The summed E-state index contributed by atoms with van der Waals surface area (Å²) in [4.78, 5) is 15.8. The van der Waals surface area contributed by atoms with Crippen LogP contribution in [0.4, 0.5) is 0 Å². The molecule has 7 nitrogen and oxygen atoms in total. The second-order valence-corrected chi connectivity index (χ2v) is 9.00. The molecule has 0 aliphatic carbocycles. The van der Waals surface area contributed by atoms with Crippen LogP contribution in [0.5, 0.6) is 0 Å². The monoisotopic (exact) mass is 340 g/mol. The van der Waals surface area contributed by atoms with Crippen molar-refractivity contribution in [3.63, 3.8) is 0 Å². The van der Waals surface area contributed by atoms with Gasteiger partial charge in [-0.2, -0.15) is 0 Å². The number of aromatic nitrogens is 2. The highest BCUT2D eigenvalue weighted by Crippen LogP contribution is 2.30. The largest absolute Gasteiger partial charge is 0.351 e. The van der Waals surface area contributed by atoms with E-state index in [1.165, 1.54) is 0 Å². The highest BCUT2D eigenvalue weighted by Gasteiger charge is 2.39. The van der Waals surface area contributed by atoms with Gasteiger partial charge in [0.15, 0.2) is 5.03 Å². The van der Waals surface area contributed by atoms with Crippen molar-refractivity contribution in [2.75, 3.05) is 6.54 Å². The van der Waals surface area contributed by atoms with Crippen LogP contribution in [0.25, 0.3) is 0 Å². The van der Waals surface area contributed by atoms with Gasteiger partial charge in [-0.25, -0.2) is 18.1 Å². The molecule has 1 fully saturated rings. The summed E-state index contributed by atoms with van der Waals surface area (Å²) in [6.45, 7) is 6.17. The van der Waals surface area contributed by atoms with Crippen molar-refractivity contribution < 1.29 is 13.2 Å². The van der Waals surface area contributed by atoms with Gasteiger partial charge in [0.05, 0.1) is 0 Å². The third-order valence-electron chi connectivity index (χ3n) is 4.93. The number of hydrogen-bond acceptors (Lipinski definition) is 4. The zero-order chi connectivity index (χ0) is 16.8. The molecule has 1 amide bonds. The van der Waals surface area contributed by atoms with Crippen molar-refractivity contribution in [2.24, 2.45) is 5.41 Å². The van der Waals surface area contributed by atoms with Crippen LogP contribution in [0.3, 0.4) is 0 Å². The molecular formula is C15H24N4O3S. The molecule has 1 aromatic heterocycles. The Morgan fingerprint density at radius 1 is 1.48 bits per heavy atom. The molecule has 2 aliphatic heterocycles. The summed E-state index contributed by atoms with van der Waals surface area (Å²) >= 11 is 0. The Kier molecular flexibility index (Phi) is 4.00. The minimum absolute atomic E-state index is 0.0366. The molecule has 2 aliphatic rings. The summed E-state index contributed by atoms with van der Waals surface area (Å²) in [5.74, 6) is 0.795. The molecular weight excluding hydrogens is 316 g/mol. The fourth-order valence-corrected chi connectivity index (χ4v) is 4.38. The van der Waals surface area contributed by atoms with E-state index in [9.17, 15) is 13.2 Å². The Bertz CT molecular complexity index is 723. The first kappa shape index (κ1) is 16.4. The van der Waals surface area contributed by atoms with E-state index < -0.39 is 10.0 Å². The maximum Gasteiger partial charge on any atom is 0.259 e. The number of carbonyl (C=O) groups excluding carboxylic acids is 1. The van der Waals surface area contributed by atoms with Crippen LogP contribution in [0.2, 0.25) is 0 Å². The molecule has 0 saturated carbocycles. The second kappa shape index (κ2) is 5.59. The number of imidazole rings is 1. The van der Waals surface area contributed by atoms with Gasteiger partial charge in [0.2, 0.25) is 5.91 Å². The summed E-state index contributed by atoms with van der Waals surface area (Å²) in [5.41, 5.74) is -0.262. The summed E-state index contributed by atoms with van der Waals surface area (Å²) in [7, 11) is -3.67. The number of aryl methyl sites for hydroxylation is 1. The van der Waals surface area contributed by atoms with E-state index in [0.29, 0.717) is 6.42 Å². The summed E-state index contributed by atoms with van der Waals surface area (Å²) in [5, 5.41) is 2.91. The van der Waals surface area contributed by atoms with E-state index in [4.69, 9.17) is 0 Å². The third-order valence-corrected chi connectivity index (χ3v) is 6.23. The number of sulfonamides is 1. The molecule has 0 radical (unpaired) electrons. The highest BCUT2D eigenvalue weighted by atomic mass is 32.2. The van der Waals surface area contributed by atoms with Crippen molar-refractivity contribution in [1.82, 2.24) is 19.6 Å². The fraction of sp³-hybridized carbons (Fsp3) is 0.733. The molecule has 1 aromatic rings. The van der Waals surface area contributed by atoms with Gasteiger partial charge in [-0.05, 0) is 25.2 Å². The number of hydrogen-bond donors (Lipinski definition) is 2. The van der Waals surface area contributed by atoms with Gasteiger partial charge >= 0.3 is 0 Å². The van der Waals surface area contributed by atoms with Crippen LogP contribution in [0, 0.1) is 5.41 Å². The molecule has 2 atom stereocenters. The van der Waals surface area contributed by atoms with Gasteiger partial charge in [-0.1, -0.05) is 13.8 Å². The molecule has 23 heavy (non-hydrogen) atoms. The van der Waals surface area contributed by atoms with Gasteiger partial charge < -0.3 is 9.88 Å². The summed E-state index contributed by atoms with van der Waals surface area (Å²) in [6, 6.07) is 0.0733. The first-order valence-electron chi connectivity index (χ1n) is 8.06. The smallest absolute Gasteiger partial charge is 0.259 e. The lowest BCUT2D eigenvalue weighted by molar-refractivity contribution is -0.119. The molecule has 0 spiro atoms. The van der Waals surface area contributed by atoms with E-state index in [1.54, 1.807) is 6.20 Å². The van der Waals surface area contributed by atoms with Gasteiger partial charge in [0.25, 0.3) is 10.0 Å². The molecule has 8 heteroatoms. The van der Waals surface area contributed by atoms with Crippen molar-refractivity contribution in [3.05, 3.63) is 12.0 Å². The van der Waals surface area contributed by atoms with Gasteiger partial charge in [-0.15, -0.1) is 0 Å². The molecule has 128 valence electrons. The number of fused-ring (bicyclic) bond motifs is 1. The van der Waals surface area contributed by atoms with Crippen LogP contribution >= 0.6 is 0 Å². The van der Waals surface area contributed by atoms with E-state index in [0.717, 1.165) is 25.1 Å². The molecule has 0 bridgehead atoms. The SMILES string of the molecule is CC1CCCc2nc(S(=O)(=O)NCC3NC(=O)CC3(C)C)cn21. The predicted molar refractivity (Wildman–Crippen MR) is 85.4 cm³/mol. The Balaban J connectivity index is 1.74. The Morgan fingerprint density at radius 2 is 2.22 bits per heavy atom. The zero-order valence-electron chi connectivity index (χ0n) is 13.8. The molecule has 3 heterocycles. The van der Waals surface area contributed by atoms with Gasteiger partial charge in [0.1, 0.15) is 5.82 Å². The van der Waals surface area contributed by atoms with Crippen molar-refractivity contribution in [1.29, 1.82) is 0 Å². The lowest BCUT2D eigenvalue weighted by Gasteiger charge is -2.25. The normalized spacial score (nSPS) is 26.8. The first-order valence-corrected chi connectivity index (χ1v) is 9.54. The maximum atomic E-state index is 12.5. The Labute approximate surface area is 136 Å². The lowest BCUT2D eigenvalue weighted by Crippen LogP contribution is -2.44. The van der Waals surface area contributed by atoms with E-state index in [1.807, 2.05) is 18.4 Å². The van der Waals surface area contributed by atoms with Crippen molar-refractivity contribution in [2.45, 2.75) is 63.6 Å². The average molecular weight is 340 g/mol. The number of nitrogens with zero attached hydrogens (tertiary/aromatic N) is 2. The number of nitrogens with one attached hydrogen (secondary N) is 2. The Morgan fingerprint density at radius 3 is 2.83 bits per heavy atom. The van der Waals surface area contributed by atoms with Gasteiger partial charge in [0, 0.05) is 37.7 Å². The number of rotatable bonds is 4. The molecule has 3 rings (SSSR count). The van der Waals surface area contributed by atoms with Crippen LogP contribution in [0.15, 0.2) is 11.2 Å². The average Bonchev–Trinajstić information content (AvgIpc) is 2.98. The van der Waals surface area contributed by atoms with Gasteiger partial charge in [-0.3, -0.25) is 4.79 Å². The minimum atomic E-state index is -3.67. The van der Waals surface area contributed by atoms with Crippen LogP contribution < -0.4 is 10.0 Å². The molecule has 1 saturated heterocycles. The van der Waals surface area contributed by atoms with Crippen molar-refractivity contribution in [3.8, 4) is 0 Å². The number of amides is 1. The standard InChI is InChI=1S/C15H24N4O3S/c1-10-5-4-6-12-18-14(9-19(10)12)23(21,22)16-8-11-15(2,3)7-13(20)17-11/h9-11,16H,4-8H2,1-3H3,(H,17,20). The van der Waals surface area contributed by atoms with Crippen LogP contribution in [-0.2, 0) is 21.2 Å². The van der Waals surface area contributed by atoms with E-state index in [2.05, 4.69) is 21.9 Å². The summed E-state index contributed by atoms with van der Waals surface area (Å²) in [6.07, 6.45) is 4.92. The first-order chi connectivity index (χ1) is 10.7. The van der Waals surface area contributed by atoms with Crippen LogP contribution in [-0.4, -0.2) is 36.5 Å². The van der Waals surface area contributed by atoms with E-state index >= 15 is 0 Å². The summed E-state index contributed by atoms with van der Waals surface area (Å²) < 4.78 is 29.6. The molecule has 0 aromatic carbocycles. The quantitative estimate of drug-likeness (QED) is 0.854. The van der Waals surface area contributed by atoms with E-state index in [-0.39, 0.29) is 35.0 Å². The third kappa shape index (κ3) is 3.14. The highest BCUT2D eigenvalue weighted by molar-refractivity contribution is 7.89. The minimum Gasteiger partial charge on any atom is -0.351 e. The topological polar surface area (TPSA) is 93.1 Å². The fourth-order valence-electron chi connectivity index (χ4n) is 3.37. The molecule has 2 N–H and O–H groups in total. The Hall–Kier alpha value is -1.41. The lowest BCUT2D eigenvalue weighted by atomic mass is 9.85. The van der Waals surface area contributed by atoms with Crippen molar-refractivity contribution >= 4 is 15.9 Å². The number of carbonyl (C=O) groups is 1. The second-order valence-electron chi connectivity index (χ2n) is 7.28.